The van der Waals surface area contributed by atoms with E-state index in [4.69, 9.17) is 5.73 Å². The van der Waals surface area contributed by atoms with Crippen molar-refractivity contribution in [3.63, 3.8) is 0 Å². The number of hydrogen-bond donors (Lipinski definition) is 1. The number of sulfonamides is 1. The van der Waals surface area contributed by atoms with E-state index >= 15 is 0 Å². The van der Waals surface area contributed by atoms with Crippen LogP contribution in [0.15, 0.2) is 29.2 Å². The largest absolute Gasteiger partial charge is 0.398 e. The second-order valence-electron chi connectivity index (χ2n) is 5.16. The first-order valence-electron chi connectivity index (χ1n) is 6.94. The molecule has 0 saturated heterocycles. The van der Waals surface area contributed by atoms with Gasteiger partial charge in [0.25, 0.3) is 0 Å². The SMILES string of the molecule is CN(C1CCCC1)S(=O)(=O)CCSc1ccccc1N. The van der Waals surface area contributed by atoms with Gasteiger partial charge in [0.15, 0.2) is 0 Å². The summed E-state index contributed by atoms with van der Waals surface area (Å²) < 4.78 is 26.1. The number of nitrogens with zero attached hydrogens (tertiary/aromatic N) is 1. The highest BCUT2D eigenvalue weighted by atomic mass is 32.2. The van der Waals surface area contributed by atoms with Crippen LogP contribution in [0, 0.1) is 0 Å². The van der Waals surface area contributed by atoms with Crippen molar-refractivity contribution in [1.29, 1.82) is 0 Å². The second kappa shape index (κ2) is 6.83. The van der Waals surface area contributed by atoms with Gasteiger partial charge in [-0.1, -0.05) is 25.0 Å². The maximum Gasteiger partial charge on any atom is 0.214 e. The number of para-hydroxylation sites is 1. The average molecular weight is 314 g/mol. The van der Waals surface area contributed by atoms with E-state index in [0.717, 1.165) is 30.6 Å². The normalized spacial score (nSPS) is 16.9. The molecule has 1 aromatic carbocycles. The standard InChI is InChI=1S/C14H22N2O2S2/c1-16(12-6-2-3-7-12)20(17,18)11-10-19-14-9-5-4-8-13(14)15/h4-5,8-9,12H,2-3,6-7,10-11,15H2,1H3. The highest BCUT2D eigenvalue weighted by Crippen LogP contribution is 2.27. The number of benzene rings is 1. The van der Waals surface area contributed by atoms with E-state index in [1.165, 1.54) is 11.8 Å². The molecule has 2 N–H and O–H groups in total. The minimum absolute atomic E-state index is 0.166. The Bertz CT molecular complexity index is 540. The third-order valence-corrected chi connectivity index (χ3v) is 7.04. The summed E-state index contributed by atoms with van der Waals surface area (Å²) in [6.07, 6.45) is 4.27. The highest BCUT2D eigenvalue weighted by Gasteiger charge is 2.28. The minimum Gasteiger partial charge on any atom is -0.398 e. The molecule has 0 amide bonds. The first kappa shape index (κ1) is 15.7. The maximum atomic E-state index is 12.3. The molecule has 0 aromatic heterocycles. The molecule has 1 saturated carbocycles. The first-order valence-corrected chi connectivity index (χ1v) is 9.53. The number of thioether (sulfide) groups is 1. The summed E-state index contributed by atoms with van der Waals surface area (Å²) >= 11 is 1.50. The Hall–Kier alpha value is -0.720. The fourth-order valence-corrected chi connectivity index (χ4v) is 5.27. The van der Waals surface area contributed by atoms with Crippen LogP contribution in [0.3, 0.4) is 0 Å². The van der Waals surface area contributed by atoms with E-state index < -0.39 is 10.0 Å². The van der Waals surface area contributed by atoms with Crippen LogP contribution >= 0.6 is 11.8 Å². The van der Waals surface area contributed by atoms with Crippen LogP contribution in [-0.2, 0) is 10.0 Å². The summed E-state index contributed by atoms with van der Waals surface area (Å²) in [5.74, 6) is 0.701. The van der Waals surface area contributed by atoms with Gasteiger partial charge < -0.3 is 5.73 Å². The molecule has 0 spiro atoms. The van der Waals surface area contributed by atoms with Crippen molar-refractivity contribution in [2.75, 3.05) is 24.3 Å². The lowest BCUT2D eigenvalue weighted by Crippen LogP contribution is -2.37. The zero-order valence-corrected chi connectivity index (χ0v) is 13.4. The van der Waals surface area contributed by atoms with E-state index in [9.17, 15) is 8.42 Å². The van der Waals surface area contributed by atoms with Crippen LogP contribution < -0.4 is 5.73 Å². The lowest BCUT2D eigenvalue weighted by molar-refractivity contribution is 0.374. The topological polar surface area (TPSA) is 63.4 Å². The smallest absolute Gasteiger partial charge is 0.214 e. The first-order chi connectivity index (χ1) is 9.50. The monoisotopic (exact) mass is 314 g/mol. The van der Waals surface area contributed by atoms with Gasteiger partial charge in [-0.25, -0.2) is 12.7 Å². The molecule has 1 fully saturated rings. The highest BCUT2D eigenvalue weighted by molar-refractivity contribution is 8.00. The Morgan fingerprint density at radius 1 is 1.30 bits per heavy atom. The molecule has 20 heavy (non-hydrogen) atoms. The van der Waals surface area contributed by atoms with Crippen molar-refractivity contribution in [3.8, 4) is 0 Å². The lowest BCUT2D eigenvalue weighted by atomic mass is 10.3. The van der Waals surface area contributed by atoms with Crippen molar-refractivity contribution >= 4 is 27.5 Å². The van der Waals surface area contributed by atoms with Gasteiger partial charge in [-0.05, 0) is 25.0 Å². The van der Waals surface area contributed by atoms with Crippen LogP contribution in [0.2, 0.25) is 0 Å². The molecule has 112 valence electrons. The zero-order chi connectivity index (χ0) is 14.6. The molecular weight excluding hydrogens is 292 g/mol. The summed E-state index contributed by atoms with van der Waals surface area (Å²) in [6, 6.07) is 7.75. The molecular formula is C14H22N2O2S2. The number of hydrogen-bond acceptors (Lipinski definition) is 4. The van der Waals surface area contributed by atoms with E-state index in [-0.39, 0.29) is 11.8 Å². The number of anilines is 1. The molecule has 6 heteroatoms. The fraction of sp³-hybridized carbons (Fsp3) is 0.571. The zero-order valence-electron chi connectivity index (χ0n) is 11.8. The Balaban J connectivity index is 1.87. The van der Waals surface area contributed by atoms with Crippen LogP contribution in [0.1, 0.15) is 25.7 Å². The van der Waals surface area contributed by atoms with E-state index in [2.05, 4.69) is 0 Å². The summed E-state index contributed by atoms with van der Waals surface area (Å²) in [7, 11) is -1.44. The fourth-order valence-electron chi connectivity index (χ4n) is 2.51. The Kier molecular flexibility index (Phi) is 5.35. The molecule has 2 rings (SSSR count). The molecule has 1 aliphatic carbocycles. The van der Waals surface area contributed by atoms with Gasteiger partial charge >= 0.3 is 0 Å². The molecule has 0 radical (unpaired) electrons. The van der Waals surface area contributed by atoms with Gasteiger partial charge in [-0.3, -0.25) is 0 Å². The Morgan fingerprint density at radius 2 is 1.95 bits per heavy atom. The third kappa shape index (κ3) is 3.90. The second-order valence-corrected chi connectivity index (χ2v) is 8.44. The molecule has 1 aliphatic rings. The molecule has 0 bridgehead atoms. The summed E-state index contributed by atoms with van der Waals surface area (Å²) in [5, 5.41) is 0. The van der Waals surface area contributed by atoms with Gasteiger partial charge in [0.2, 0.25) is 10.0 Å². The van der Waals surface area contributed by atoms with Crippen LogP contribution in [0.25, 0.3) is 0 Å². The number of nitrogen functional groups attached to an aromatic ring is 1. The lowest BCUT2D eigenvalue weighted by Gasteiger charge is -2.23. The summed E-state index contributed by atoms with van der Waals surface area (Å²) in [5.41, 5.74) is 6.56. The van der Waals surface area contributed by atoms with Crippen molar-refractivity contribution in [2.24, 2.45) is 0 Å². The van der Waals surface area contributed by atoms with Crippen molar-refractivity contribution in [1.82, 2.24) is 4.31 Å². The number of nitrogens with two attached hydrogens (primary N) is 1. The van der Waals surface area contributed by atoms with Gasteiger partial charge in [0.05, 0.1) is 5.75 Å². The third-order valence-electron chi connectivity index (χ3n) is 3.80. The molecule has 0 heterocycles. The Labute approximate surface area is 125 Å². The van der Waals surface area contributed by atoms with Gasteiger partial charge in [-0.2, -0.15) is 0 Å². The molecule has 0 atom stereocenters. The van der Waals surface area contributed by atoms with Crippen molar-refractivity contribution < 1.29 is 8.42 Å². The Morgan fingerprint density at radius 3 is 2.60 bits per heavy atom. The predicted octanol–water partition coefficient (Wildman–Crippen LogP) is 2.57. The van der Waals surface area contributed by atoms with Gasteiger partial charge in [-0.15, -0.1) is 11.8 Å². The average Bonchev–Trinajstić information content (AvgIpc) is 2.94. The van der Waals surface area contributed by atoms with Crippen LogP contribution in [-0.4, -0.2) is 37.3 Å². The molecule has 0 aliphatic heterocycles. The van der Waals surface area contributed by atoms with Crippen molar-refractivity contribution in [3.05, 3.63) is 24.3 Å². The van der Waals surface area contributed by atoms with E-state index in [0.29, 0.717) is 11.4 Å². The molecule has 0 unspecified atom stereocenters. The minimum atomic E-state index is -3.16. The maximum absolute atomic E-state index is 12.3. The van der Waals surface area contributed by atoms with Gasteiger partial charge in [0, 0.05) is 29.4 Å². The number of rotatable bonds is 6. The van der Waals surface area contributed by atoms with E-state index in [1.54, 1.807) is 11.4 Å². The summed E-state index contributed by atoms with van der Waals surface area (Å²) in [4.78, 5) is 0.950. The van der Waals surface area contributed by atoms with Crippen molar-refractivity contribution in [2.45, 2.75) is 36.6 Å². The van der Waals surface area contributed by atoms with Gasteiger partial charge in [0.1, 0.15) is 0 Å². The molecule has 4 nitrogen and oxygen atoms in total. The van der Waals surface area contributed by atoms with Crippen LogP contribution in [0.5, 0.6) is 0 Å². The predicted molar refractivity (Wildman–Crippen MR) is 85.4 cm³/mol. The quantitative estimate of drug-likeness (QED) is 0.647. The van der Waals surface area contributed by atoms with Crippen LogP contribution in [0.4, 0.5) is 5.69 Å². The summed E-state index contributed by atoms with van der Waals surface area (Å²) in [6.45, 7) is 0. The molecule has 1 aromatic rings. The van der Waals surface area contributed by atoms with E-state index in [1.807, 2.05) is 24.3 Å².